The molecule has 2 unspecified atom stereocenters. The molecule has 2 atom stereocenters. The number of aromatic nitrogens is 4. The molecule has 0 spiro atoms. The standard InChI is InChI=1S/C16H21N5O2/c1-4-23-15-6-5-14(19-20-15)21-11(3)13(9-18-21)16(22)17-8-12-7-10(12)2/h5-6,9-10,12H,4,7-8H2,1-3H3,(H,17,22). The minimum absolute atomic E-state index is 0.0910. The Morgan fingerprint density at radius 3 is 2.83 bits per heavy atom. The van der Waals surface area contributed by atoms with E-state index in [0.717, 1.165) is 18.2 Å². The van der Waals surface area contributed by atoms with Crippen LogP contribution in [0.1, 0.15) is 36.3 Å². The lowest BCUT2D eigenvalue weighted by molar-refractivity contribution is 0.0950. The Hall–Kier alpha value is -2.44. The highest BCUT2D eigenvalue weighted by atomic mass is 16.5. The fourth-order valence-corrected chi connectivity index (χ4v) is 2.52. The van der Waals surface area contributed by atoms with Crippen molar-refractivity contribution in [3.8, 4) is 11.7 Å². The average Bonchev–Trinajstić information content (AvgIpc) is 3.12. The molecule has 1 amide bonds. The van der Waals surface area contributed by atoms with Crippen LogP contribution < -0.4 is 10.1 Å². The number of amides is 1. The van der Waals surface area contributed by atoms with Crippen LogP contribution in [0.5, 0.6) is 5.88 Å². The first-order valence-corrected chi connectivity index (χ1v) is 7.89. The van der Waals surface area contributed by atoms with Gasteiger partial charge in [-0.15, -0.1) is 10.2 Å². The zero-order chi connectivity index (χ0) is 16.4. The molecule has 1 fully saturated rings. The van der Waals surface area contributed by atoms with Crippen LogP contribution in [0, 0.1) is 18.8 Å². The molecule has 122 valence electrons. The van der Waals surface area contributed by atoms with Gasteiger partial charge in [-0.3, -0.25) is 4.79 Å². The Balaban J connectivity index is 1.71. The number of nitrogens with one attached hydrogen (secondary N) is 1. The van der Waals surface area contributed by atoms with Gasteiger partial charge in [-0.25, -0.2) is 4.68 Å². The Labute approximate surface area is 135 Å². The van der Waals surface area contributed by atoms with E-state index in [1.54, 1.807) is 23.0 Å². The molecule has 1 saturated carbocycles. The predicted octanol–water partition coefficient (Wildman–Crippen LogP) is 1.76. The normalized spacial score (nSPS) is 19.4. The quantitative estimate of drug-likeness (QED) is 0.878. The molecule has 3 rings (SSSR count). The molecule has 1 N–H and O–H groups in total. The van der Waals surface area contributed by atoms with Gasteiger partial charge in [0.15, 0.2) is 5.82 Å². The van der Waals surface area contributed by atoms with E-state index in [1.807, 2.05) is 13.8 Å². The smallest absolute Gasteiger partial charge is 0.254 e. The highest BCUT2D eigenvalue weighted by Crippen LogP contribution is 2.36. The van der Waals surface area contributed by atoms with Crippen LogP contribution in [0.25, 0.3) is 5.82 Å². The Morgan fingerprint density at radius 1 is 1.43 bits per heavy atom. The van der Waals surface area contributed by atoms with Gasteiger partial charge in [0.2, 0.25) is 5.88 Å². The van der Waals surface area contributed by atoms with Crippen LogP contribution in [0.3, 0.4) is 0 Å². The summed E-state index contributed by atoms with van der Waals surface area (Å²) in [7, 11) is 0. The fraction of sp³-hybridized carbons (Fsp3) is 0.500. The lowest BCUT2D eigenvalue weighted by Crippen LogP contribution is -2.26. The second-order valence-electron chi connectivity index (χ2n) is 5.90. The highest BCUT2D eigenvalue weighted by molar-refractivity contribution is 5.95. The highest BCUT2D eigenvalue weighted by Gasteiger charge is 2.32. The monoisotopic (exact) mass is 315 g/mol. The van der Waals surface area contributed by atoms with Crippen LogP contribution >= 0.6 is 0 Å². The number of rotatable bonds is 6. The lowest BCUT2D eigenvalue weighted by Gasteiger charge is -2.06. The van der Waals surface area contributed by atoms with Gasteiger partial charge in [0.05, 0.1) is 24.1 Å². The maximum absolute atomic E-state index is 12.3. The second kappa shape index (κ2) is 6.36. The van der Waals surface area contributed by atoms with Crippen molar-refractivity contribution in [2.24, 2.45) is 11.8 Å². The first-order chi connectivity index (χ1) is 11.1. The first-order valence-electron chi connectivity index (χ1n) is 7.89. The summed E-state index contributed by atoms with van der Waals surface area (Å²) < 4.78 is 6.88. The first kappa shape index (κ1) is 15.5. The molecular weight excluding hydrogens is 294 g/mol. The molecule has 2 aromatic rings. The zero-order valence-electron chi connectivity index (χ0n) is 13.6. The van der Waals surface area contributed by atoms with E-state index in [1.165, 1.54) is 6.42 Å². The summed E-state index contributed by atoms with van der Waals surface area (Å²) in [4.78, 5) is 12.3. The summed E-state index contributed by atoms with van der Waals surface area (Å²) in [5, 5.41) is 15.3. The van der Waals surface area contributed by atoms with Gasteiger partial charge in [-0.1, -0.05) is 6.92 Å². The molecule has 2 aromatic heterocycles. The molecule has 0 saturated heterocycles. The van der Waals surface area contributed by atoms with E-state index in [2.05, 4.69) is 27.5 Å². The molecule has 1 aliphatic rings. The largest absolute Gasteiger partial charge is 0.477 e. The van der Waals surface area contributed by atoms with Crippen LogP contribution in [0.15, 0.2) is 18.3 Å². The lowest BCUT2D eigenvalue weighted by atomic mass is 10.2. The molecule has 0 aromatic carbocycles. The van der Waals surface area contributed by atoms with Crippen molar-refractivity contribution in [3.05, 3.63) is 29.6 Å². The van der Waals surface area contributed by atoms with E-state index < -0.39 is 0 Å². The fourth-order valence-electron chi connectivity index (χ4n) is 2.52. The molecule has 7 nitrogen and oxygen atoms in total. The zero-order valence-corrected chi connectivity index (χ0v) is 13.6. The van der Waals surface area contributed by atoms with Crippen LogP contribution in [-0.2, 0) is 0 Å². The molecule has 0 radical (unpaired) electrons. The third-order valence-corrected chi connectivity index (χ3v) is 4.19. The van der Waals surface area contributed by atoms with Crippen LogP contribution in [-0.4, -0.2) is 39.0 Å². The minimum Gasteiger partial charge on any atom is -0.477 e. The number of hydrogen-bond donors (Lipinski definition) is 1. The Kier molecular flexibility index (Phi) is 4.27. The SMILES string of the molecule is CCOc1ccc(-n2ncc(C(=O)NCC3CC3C)c2C)nn1. The molecule has 23 heavy (non-hydrogen) atoms. The second-order valence-corrected chi connectivity index (χ2v) is 5.90. The molecule has 1 aliphatic carbocycles. The number of nitrogens with zero attached hydrogens (tertiary/aromatic N) is 4. The maximum atomic E-state index is 12.3. The summed E-state index contributed by atoms with van der Waals surface area (Å²) in [6.45, 7) is 7.21. The third kappa shape index (κ3) is 3.33. The van der Waals surface area contributed by atoms with Crippen molar-refractivity contribution in [1.82, 2.24) is 25.3 Å². The molecule has 0 aliphatic heterocycles. The molecule has 7 heteroatoms. The predicted molar refractivity (Wildman–Crippen MR) is 84.7 cm³/mol. The maximum Gasteiger partial charge on any atom is 0.254 e. The van der Waals surface area contributed by atoms with Gasteiger partial charge in [0.1, 0.15) is 0 Å². The van der Waals surface area contributed by atoms with Gasteiger partial charge in [0, 0.05) is 12.6 Å². The number of ether oxygens (including phenoxy) is 1. The van der Waals surface area contributed by atoms with Crippen molar-refractivity contribution in [2.75, 3.05) is 13.2 Å². The number of carbonyl (C=O) groups excluding carboxylic acids is 1. The third-order valence-electron chi connectivity index (χ3n) is 4.19. The summed E-state index contributed by atoms with van der Waals surface area (Å²) in [5.41, 5.74) is 1.30. The molecule has 2 heterocycles. The van der Waals surface area contributed by atoms with Crippen molar-refractivity contribution in [3.63, 3.8) is 0 Å². The Bertz CT molecular complexity index is 695. The van der Waals surface area contributed by atoms with E-state index in [0.29, 0.717) is 29.8 Å². The van der Waals surface area contributed by atoms with Gasteiger partial charge < -0.3 is 10.1 Å². The van der Waals surface area contributed by atoms with Gasteiger partial charge in [-0.2, -0.15) is 5.10 Å². The van der Waals surface area contributed by atoms with Crippen molar-refractivity contribution >= 4 is 5.91 Å². The summed E-state index contributed by atoms with van der Waals surface area (Å²) >= 11 is 0. The van der Waals surface area contributed by atoms with E-state index in [-0.39, 0.29) is 5.91 Å². The van der Waals surface area contributed by atoms with Gasteiger partial charge >= 0.3 is 0 Å². The summed E-state index contributed by atoms with van der Waals surface area (Å²) in [6.07, 6.45) is 2.76. The van der Waals surface area contributed by atoms with Crippen LogP contribution in [0.2, 0.25) is 0 Å². The molecular formula is C16H21N5O2. The minimum atomic E-state index is -0.0910. The topological polar surface area (TPSA) is 81.9 Å². The number of hydrogen-bond acceptors (Lipinski definition) is 5. The molecule has 0 bridgehead atoms. The summed E-state index contributed by atoms with van der Waals surface area (Å²) in [6, 6.07) is 3.51. The summed E-state index contributed by atoms with van der Waals surface area (Å²) in [5.74, 6) is 2.27. The van der Waals surface area contributed by atoms with Gasteiger partial charge in [0.25, 0.3) is 5.91 Å². The average molecular weight is 315 g/mol. The van der Waals surface area contributed by atoms with Crippen molar-refractivity contribution in [2.45, 2.75) is 27.2 Å². The van der Waals surface area contributed by atoms with E-state index in [9.17, 15) is 4.79 Å². The number of carbonyl (C=O) groups is 1. The van der Waals surface area contributed by atoms with E-state index in [4.69, 9.17) is 4.74 Å². The Morgan fingerprint density at radius 2 is 2.22 bits per heavy atom. The van der Waals surface area contributed by atoms with E-state index >= 15 is 0 Å². The van der Waals surface area contributed by atoms with Crippen molar-refractivity contribution < 1.29 is 9.53 Å². The van der Waals surface area contributed by atoms with Crippen LogP contribution in [0.4, 0.5) is 0 Å². The van der Waals surface area contributed by atoms with Gasteiger partial charge in [-0.05, 0) is 38.2 Å². The van der Waals surface area contributed by atoms with Crippen molar-refractivity contribution in [1.29, 1.82) is 0 Å².